The SMILES string of the molecule is CCOC(=O)OC(C)OC(=O)C1=C(COC)CS[C@@H]2[C@H](NC(=O)/C(=N/OC)c3csc(N)n3)C(=O)N12.CS(=O)(=O)O. The average molecular weight is 640 g/mol. The lowest BCUT2D eigenvalue weighted by atomic mass is 10.0. The average Bonchev–Trinajstić information content (AvgIpc) is 3.30. The van der Waals surface area contributed by atoms with Crippen LogP contribution in [0.4, 0.5) is 9.93 Å². The molecule has 1 unspecified atom stereocenters. The second-order valence-electron chi connectivity index (χ2n) is 7.95. The topological polar surface area (TPSA) is 235 Å². The lowest BCUT2D eigenvalue weighted by molar-refractivity contribution is -0.169. The Morgan fingerprint density at radius 2 is 1.98 bits per heavy atom. The van der Waals surface area contributed by atoms with Crippen LogP contribution in [-0.2, 0) is 48.3 Å². The molecule has 3 heterocycles. The van der Waals surface area contributed by atoms with E-state index in [1.54, 1.807) is 6.92 Å². The second-order valence-corrected chi connectivity index (χ2v) is 11.4. The quantitative estimate of drug-likeness (QED) is 0.0759. The maximum atomic E-state index is 13.1. The van der Waals surface area contributed by atoms with Crippen LogP contribution in [0.1, 0.15) is 19.5 Å². The van der Waals surface area contributed by atoms with Gasteiger partial charge in [-0.25, -0.2) is 14.6 Å². The molecule has 1 aromatic heterocycles. The minimum Gasteiger partial charge on any atom is -0.435 e. The molecule has 0 radical (unpaired) electrons. The predicted molar refractivity (Wildman–Crippen MR) is 145 cm³/mol. The maximum Gasteiger partial charge on any atom is 0.511 e. The third kappa shape index (κ3) is 9.56. The van der Waals surface area contributed by atoms with E-state index >= 15 is 0 Å². The minimum atomic E-state index is -3.67. The monoisotopic (exact) mass is 639 g/mol. The van der Waals surface area contributed by atoms with Gasteiger partial charge in [0, 0.05) is 25.2 Å². The van der Waals surface area contributed by atoms with E-state index in [-0.39, 0.29) is 35.4 Å². The van der Waals surface area contributed by atoms with E-state index in [9.17, 15) is 27.6 Å². The molecule has 0 saturated carbocycles. The van der Waals surface area contributed by atoms with Crippen LogP contribution in [0.2, 0.25) is 0 Å². The lowest BCUT2D eigenvalue weighted by Gasteiger charge is -2.49. The van der Waals surface area contributed by atoms with Crippen molar-refractivity contribution in [2.45, 2.75) is 31.6 Å². The molecule has 0 aliphatic carbocycles. The fourth-order valence-corrected chi connectivity index (χ4v) is 5.25. The number of esters is 1. The van der Waals surface area contributed by atoms with Gasteiger partial charge in [-0.3, -0.25) is 19.0 Å². The zero-order valence-corrected chi connectivity index (χ0v) is 25.0. The van der Waals surface area contributed by atoms with Crippen LogP contribution in [0.15, 0.2) is 21.8 Å². The Hall–Kier alpha value is -3.46. The van der Waals surface area contributed by atoms with Gasteiger partial charge in [-0.15, -0.1) is 23.1 Å². The van der Waals surface area contributed by atoms with Crippen molar-refractivity contribution in [2.24, 2.45) is 5.16 Å². The number of oxime groups is 1. The van der Waals surface area contributed by atoms with E-state index < -0.39 is 51.8 Å². The molecule has 17 nitrogen and oxygen atoms in total. The van der Waals surface area contributed by atoms with Gasteiger partial charge < -0.3 is 34.8 Å². The first kappa shape index (κ1) is 33.7. The van der Waals surface area contributed by atoms with Crippen LogP contribution in [-0.4, -0.2) is 110 Å². The number of rotatable bonds is 10. The molecule has 0 spiro atoms. The van der Waals surface area contributed by atoms with Crippen molar-refractivity contribution in [1.82, 2.24) is 15.2 Å². The first-order chi connectivity index (χ1) is 19.2. The van der Waals surface area contributed by atoms with Crippen molar-refractivity contribution in [3.05, 3.63) is 22.3 Å². The molecule has 20 heteroatoms. The Kier molecular flexibility index (Phi) is 12.3. The summed E-state index contributed by atoms with van der Waals surface area (Å²) >= 11 is 2.45. The van der Waals surface area contributed by atoms with Crippen molar-refractivity contribution in [3.8, 4) is 0 Å². The van der Waals surface area contributed by atoms with Crippen LogP contribution >= 0.6 is 23.1 Å². The van der Waals surface area contributed by atoms with E-state index in [2.05, 4.69) is 20.2 Å². The van der Waals surface area contributed by atoms with Crippen molar-refractivity contribution in [2.75, 3.05) is 45.2 Å². The number of nitrogens with two attached hydrogens (primary N) is 1. The molecule has 2 amide bonds. The molecule has 2 aliphatic rings. The first-order valence-corrected chi connectivity index (χ1v) is 15.2. The number of β-lactam (4-membered cyclic amide) rings is 1. The lowest BCUT2D eigenvalue weighted by Crippen LogP contribution is -2.71. The van der Waals surface area contributed by atoms with Crippen molar-refractivity contribution < 1.29 is 55.9 Å². The molecule has 1 saturated heterocycles. The molecular formula is C21H29N5O12S3. The molecule has 3 atom stereocenters. The standard InChI is InChI=1S/C20H25N5O9S2.CH4O3S/c1-5-32-20(29)34-9(2)33-18(28)14-10(6-30-3)7-35-17-13(16(27)25(14)17)23-15(26)12(24-31-4)11-8-36-19(21)22-11;1-5(2,3)4/h8-9,13,17H,5-7H2,1-4H3,(H2,21,22)(H,23,26);1H3,(H,2,3,4)/b24-12+;/t9?,13-,17-;/m1./s1. The van der Waals surface area contributed by atoms with E-state index in [1.807, 2.05) is 0 Å². The number of thiazole rings is 1. The highest BCUT2D eigenvalue weighted by Crippen LogP contribution is 2.41. The van der Waals surface area contributed by atoms with Gasteiger partial charge in [-0.1, -0.05) is 5.16 Å². The van der Waals surface area contributed by atoms with Crippen LogP contribution in [0, 0.1) is 0 Å². The number of nitrogens with zero attached hydrogens (tertiary/aromatic N) is 3. The fourth-order valence-electron chi connectivity index (χ4n) is 3.38. The molecule has 4 N–H and O–H groups in total. The summed E-state index contributed by atoms with van der Waals surface area (Å²) in [6, 6.07) is -0.958. The number of aromatic nitrogens is 1. The summed E-state index contributed by atoms with van der Waals surface area (Å²) in [4.78, 5) is 60.4. The summed E-state index contributed by atoms with van der Waals surface area (Å²) in [7, 11) is -0.953. The number of methoxy groups -OCH3 is 1. The number of hydrogen-bond acceptors (Lipinski definition) is 16. The van der Waals surface area contributed by atoms with Crippen molar-refractivity contribution >= 4 is 68.0 Å². The number of carbonyl (C=O) groups excluding carboxylic acids is 4. The predicted octanol–water partition coefficient (Wildman–Crippen LogP) is -0.0575. The Bertz CT molecular complexity index is 1300. The van der Waals surface area contributed by atoms with Gasteiger partial charge in [-0.05, 0) is 12.5 Å². The third-order valence-corrected chi connectivity index (χ3v) is 6.82. The number of fused-ring (bicyclic) bond motifs is 1. The number of amides is 2. The Labute approximate surface area is 243 Å². The smallest absolute Gasteiger partial charge is 0.435 e. The summed E-state index contributed by atoms with van der Waals surface area (Å²) in [6.45, 7) is 3.08. The Morgan fingerprint density at radius 3 is 2.51 bits per heavy atom. The first-order valence-electron chi connectivity index (χ1n) is 11.5. The third-order valence-electron chi connectivity index (χ3n) is 4.81. The number of carbonyl (C=O) groups is 4. The summed E-state index contributed by atoms with van der Waals surface area (Å²) in [5.41, 5.74) is 6.15. The van der Waals surface area contributed by atoms with E-state index in [1.165, 1.54) is 43.2 Å². The highest BCUT2D eigenvalue weighted by molar-refractivity contribution is 8.00. The van der Waals surface area contributed by atoms with Gasteiger partial charge in [0.1, 0.15) is 29.9 Å². The number of anilines is 1. The maximum absolute atomic E-state index is 13.1. The van der Waals surface area contributed by atoms with Gasteiger partial charge >= 0.3 is 12.1 Å². The number of nitrogen functional groups attached to an aromatic ring is 1. The van der Waals surface area contributed by atoms with Gasteiger partial charge in [0.15, 0.2) is 10.8 Å². The molecule has 2 aliphatic heterocycles. The molecule has 3 rings (SSSR count). The van der Waals surface area contributed by atoms with Gasteiger partial charge in [0.05, 0.1) is 19.5 Å². The van der Waals surface area contributed by atoms with E-state index in [0.29, 0.717) is 17.6 Å². The van der Waals surface area contributed by atoms with E-state index in [0.717, 1.165) is 11.3 Å². The van der Waals surface area contributed by atoms with Crippen LogP contribution in [0.25, 0.3) is 0 Å². The fraction of sp³-hybridized carbons (Fsp3) is 0.524. The highest BCUT2D eigenvalue weighted by Gasteiger charge is 2.55. The van der Waals surface area contributed by atoms with Gasteiger partial charge in [-0.2, -0.15) is 8.42 Å². The minimum absolute atomic E-state index is 0.0338. The summed E-state index contributed by atoms with van der Waals surface area (Å²) in [6.07, 6.45) is -1.56. The van der Waals surface area contributed by atoms with E-state index in [4.69, 9.17) is 29.3 Å². The summed E-state index contributed by atoms with van der Waals surface area (Å²) in [5.74, 6) is -1.81. The molecule has 1 fully saturated rings. The Balaban J connectivity index is 0.00000108. The van der Waals surface area contributed by atoms with Crippen LogP contribution in [0.3, 0.4) is 0 Å². The second kappa shape index (κ2) is 15.0. The summed E-state index contributed by atoms with van der Waals surface area (Å²) < 4.78 is 45.8. The summed E-state index contributed by atoms with van der Waals surface area (Å²) in [5, 5.41) is 7.48. The molecule has 1 aromatic rings. The molecule has 228 valence electrons. The normalized spacial score (nSPS) is 19.1. The Morgan fingerprint density at radius 1 is 1.32 bits per heavy atom. The number of hydrogen-bond donors (Lipinski definition) is 3. The van der Waals surface area contributed by atoms with Crippen LogP contribution in [0.5, 0.6) is 0 Å². The van der Waals surface area contributed by atoms with Crippen LogP contribution < -0.4 is 11.1 Å². The number of ether oxygens (including phenoxy) is 4. The molecule has 41 heavy (non-hydrogen) atoms. The zero-order valence-electron chi connectivity index (χ0n) is 22.5. The van der Waals surface area contributed by atoms with Gasteiger partial charge in [0.2, 0.25) is 6.29 Å². The number of thioether (sulfide) groups is 1. The molecule has 0 aromatic carbocycles. The molecule has 0 bridgehead atoms. The van der Waals surface area contributed by atoms with Crippen molar-refractivity contribution in [1.29, 1.82) is 0 Å². The largest absolute Gasteiger partial charge is 0.511 e. The van der Waals surface area contributed by atoms with Crippen molar-refractivity contribution in [3.63, 3.8) is 0 Å². The zero-order chi connectivity index (χ0) is 30.9. The number of nitrogens with one attached hydrogen (secondary N) is 1. The highest BCUT2D eigenvalue weighted by atomic mass is 32.2. The van der Waals surface area contributed by atoms with Gasteiger partial charge in [0.25, 0.3) is 21.9 Å². The molecular weight excluding hydrogens is 610 g/mol.